The Morgan fingerprint density at radius 3 is 2.58 bits per heavy atom. The third-order valence-corrected chi connectivity index (χ3v) is 4.03. The normalized spacial score (nSPS) is 20.8. The van der Waals surface area contributed by atoms with E-state index in [0.29, 0.717) is 0 Å². The highest BCUT2D eigenvalue weighted by Gasteiger charge is 2.42. The second kappa shape index (κ2) is 7.12. The van der Waals surface area contributed by atoms with Crippen LogP contribution < -0.4 is 4.74 Å². The van der Waals surface area contributed by atoms with Crippen LogP contribution >= 0.6 is 22.6 Å². The fourth-order valence-electron chi connectivity index (χ4n) is 2.39. The molecule has 1 fully saturated rings. The minimum atomic E-state index is -1.14. The number of rotatable bonds is 3. The zero-order valence-electron chi connectivity index (χ0n) is 13.6. The van der Waals surface area contributed by atoms with E-state index in [-0.39, 0.29) is 18.7 Å². The van der Waals surface area contributed by atoms with E-state index in [2.05, 4.69) is 0 Å². The number of hydrogen-bond acceptors (Lipinski definition) is 4. The number of nitrogens with zero attached hydrogens (tertiary/aromatic N) is 1. The molecule has 2 atom stereocenters. The van der Waals surface area contributed by atoms with Crippen molar-refractivity contribution in [2.75, 3.05) is 6.54 Å². The number of hydrogen-bond donors (Lipinski definition) is 1. The molecule has 1 N–H and O–H groups in total. The molecule has 0 bridgehead atoms. The molecule has 0 unspecified atom stereocenters. The molecule has 1 aromatic carbocycles. The summed E-state index contributed by atoms with van der Waals surface area (Å²) in [4.78, 5) is 24.7. The van der Waals surface area contributed by atoms with Crippen LogP contribution in [0.2, 0.25) is 0 Å². The van der Waals surface area contributed by atoms with Gasteiger partial charge in [-0.25, -0.2) is 14.0 Å². The molecule has 0 saturated carbocycles. The predicted molar refractivity (Wildman–Crippen MR) is 92.5 cm³/mol. The van der Waals surface area contributed by atoms with Crippen LogP contribution in [0.15, 0.2) is 18.2 Å². The van der Waals surface area contributed by atoms with Crippen molar-refractivity contribution < 1.29 is 28.6 Å². The van der Waals surface area contributed by atoms with Crippen molar-refractivity contribution in [1.82, 2.24) is 4.90 Å². The van der Waals surface area contributed by atoms with E-state index in [9.17, 15) is 19.1 Å². The summed E-state index contributed by atoms with van der Waals surface area (Å²) in [6, 6.07) is 3.44. The second-order valence-electron chi connectivity index (χ2n) is 6.54. The number of halogens is 2. The van der Waals surface area contributed by atoms with Crippen molar-refractivity contribution in [2.24, 2.45) is 0 Å². The smallest absolute Gasteiger partial charge is 0.411 e. The molecule has 0 aliphatic carbocycles. The molecule has 6 nitrogen and oxygen atoms in total. The molecule has 24 heavy (non-hydrogen) atoms. The minimum absolute atomic E-state index is 0.0251. The van der Waals surface area contributed by atoms with Gasteiger partial charge in [0, 0.05) is 9.99 Å². The van der Waals surface area contributed by atoms with Gasteiger partial charge in [-0.2, -0.15) is 0 Å². The van der Waals surface area contributed by atoms with E-state index in [1.807, 2.05) is 22.6 Å². The number of amides is 1. The highest BCUT2D eigenvalue weighted by Crippen LogP contribution is 2.27. The number of carboxylic acids is 1. The lowest BCUT2D eigenvalue weighted by atomic mass is 10.2. The standard InChI is InChI=1S/C16H19FINO5/c1-16(2,3)24-15(22)19-8-10(7-12(19)14(20)21)23-13-5-4-9(18)6-11(13)17/h4-6,10,12H,7-8H2,1-3H3,(H,20,21)/t10-,12-/m1/s1. The molecule has 8 heteroatoms. The van der Waals surface area contributed by atoms with Crippen LogP contribution in [-0.4, -0.2) is 46.4 Å². The fraction of sp³-hybridized carbons (Fsp3) is 0.500. The van der Waals surface area contributed by atoms with Gasteiger partial charge in [0.15, 0.2) is 11.6 Å². The van der Waals surface area contributed by atoms with Gasteiger partial charge in [-0.15, -0.1) is 0 Å². The molecule has 2 rings (SSSR count). The quantitative estimate of drug-likeness (QED) is 0.715. The van der Waals surface area contributed by atoms with E-state index >= 15 is 0 Å². The van der Waals surface area contributed by atoms with Crippen LogP contribution in [0.25, 0.3) is 0 Å². The zero-order valence-corrected chi connectivity index (χ0v) is 15.7. The van der Waals surface area contributed by atoms with Crippen LogP contribution in [0, 0.1) is 9.39 Å². The lowest BCUT2D eigenvalue weighted by Gasteiger charge is -2.26. The lowest BCUT2D eigenvalue weighted by Crippen LogP contribution is -2.43. The Morgan fingerprint density at radius 2 is 2.04 bits per heavy atom. The van der Waals surface area contributed by atoms with Gasteiger partial charge in [-0.05, 0) is 61.6 Å². The summed E-state index contributed by atoms with van der Waals surface area (Å²) in [7, 11) is 0. The topological polar surface area (TPSA) is 76.1 Å². The highest BCUT2D eigenvalue weighted by atomic mass is 127. The van der Waals surface area contributed by atoms with Crippen molar-refractivity contribution in [2.45, 2.75) is 44.9 Å². The van der Waals surface area contributed by atoms with Crippen LogP contribution in [0.1, 0.15) is 27.2 Å². The summed E-state index contributed by atoms with van der Waals surface area (Å²) in [5.41, 5.74) is -0.735. The van der Waals surface area contributed by atoms with Gasteiger partial charge in [0.05, 0.1) is 6.54 Å². The molecule has 1 aliphatic heterocycles. The highest BCUT2D eigenvalue weighted by molar-refractivity contribution is 14.1. The number of carbonyl (C=O) groups excluding carboxylic acids is 1. The minimum Gasteiger partial charge on any atom is -0.485 e. The molecule has 0 spiro atoms. The average Bonchev–Trinajstić information content (AvgIpc) is 2.84. The van der Waals surface area contributed by atoms with Crippen molar-refractivity contribution in [1.29, 1.82) is 0 Å². The van der Waals surface area contributed by atoms with E-state index in [1.54, 1.807) is 26.8 Å². The maximum absolute atomic E-state index is 13.9. The zero-order chi connectivity index (χ0) is 18.1. The van der Waals surface area contributed by atoms with Gasteiger partial charge < -0.3 is 14.6 Å². The van der Waals surface area contributed by atoms with Crippen LogP contribution in [-0.2, 0) is 9.53 Å². The fourth-order valence-corrected chi connectivity index (χ4v) is 2.84. The molecule has 132 valence electrons. The molecule has 1 heterocycles. The Labute approximate surface area is 153 Å². The molecular formula is C16H19FINO5. The second-order valence-corrected chi connectivity index (χ2v) is 7.78. The Kier molecular flexibility index (Phi) is 5.56. The van der Waals surface area contributed by atoms with Crippen molar-refractivity contribution in [3.8, 4) is 5.75 Å². The summed E-state index contributed by atoms with van der Waals surface area (Å²) in [5.74, 6) is -1.63. The number of likely N-dealkylation sites (tertiary alicyclic amines) is 1. The van der Waals surface area contributed by atoms with Gasteiger partial charge in [0.2, 0.25) is 0 Å². The maximum Gasteiger partial charge on any atom is 0.411 e. The first-order valence-electron chi connectivity index (χ1n) is 7.41. The number of carbonyl (C=O) groups is 2. The largest absolute Gasteiger partial charge is 0.485 e. The number of aliphatic carboxylic acids is 1. The van der Waals surface area contributed by atoms with E-state index in [1.165, 1.54) is 12.1 Å². The SMILES string of the molecule is CC(C)(C)OC(=O)N1C[C@H](Oc2ccc(I)cc2F)C[C@@H]1C(=O)O. The summed E-state index contributed by atoms with van der Waals surface area (Å²) in [5, 5.41) is 9.33. The Bertz CT molecular complexity index is 646. The van der Waals surface area contributed by atoms with E-state index in [4.69, 9.17) is 9.47 Å². The Balaban J connectivity index is 2.11. The number of carboxylic acid groups (broad SMARTS) is 1. The molecule has 0 aromatic heterocycles. The van der Waals surface area contributed by atoms with Gasteiger partial charge in [0.25, 0.3) is 0 Å². The number of ether oxygens (including phenoxy) is 2. The Hall–Kier alpha value is -1.58. The van der Waals surface area contributed by atoms with Crippen LogP contribution in [0.5, 0.6) is 5.75 Å². The van der Waals surface area contributed by atoms with Gasteiger partial charge >= 0.3 is 12.1 Å². The van der Waals surface area contributed by atoms with Gasteiger partial charge in [-0.3, -0.25) is 4.90 Å². The lowest BCUT2D eigenvalue weighted by molar-refractivity contribution is -0.142. The van der Waals surface area contributed by atoms with Gasteiger partial charge in [0.1, 0.15) is 17.7 Å². The third-order valence-electron chi connectivity index (χ3n) is 3.36. The Morgan fingerprint density at radius 1 is 1.38 bits per heavy atom. The summed E-state index contributed by atoms with van der Waals surface area (Å²) in [6.07, 6.45) is -1.27. The van der Waals surface area contributed by atoms with Crippen molar-refractivity contribution >= 4 is 34.7 Å². The van der Waals surface area contributed by atoms with Crippen LogP contribution in [0.3, 0.4) is 0 Å². The first-order chi connectivity index (χ1) is 11.1. The van der Waals surface area contributed by atoms with Crippen molar-refractivity contribution in [3.05, 3.63) is 27.6 Å². The predicted octanol–water partition coefficient (Wildman–Crippen LogP) is 3.27. The van der Waals surface area contributed by atoms with Crippen molar-refractivity contribution in [3.63, 3.8) is 0 Å². The molecule has 1 aliphatic rings. The summed E-state index contributed by atoms with van der Waals surface area (Å²) >= 11 is 1.98. The van der Waals surface area contributed by atoms with E-state index < -0.39 is 35.6 Å². The van der Waals surface area contributed by atoms with Crippen LogP contribution in [0.4, 0.5) is 9.18 Å². The summed E-state index contributed by atoms with van der Waals surface area (Å²) in [6.45, 7) is 5.13. The first-order valence-corrected chi connectivity index (χ1v) is 8.49. The molecular weight excluding hydrogens is 432 g/mol. The number of benzene rings is 1. The van der Waals surface area contributed by atoms with Gasteiger partial charge in [-0.1, -0.05) is 0 Å². The monoisotopic (exact) mass is 451 g/mol. The molecule has 1 amide bonds. The first kappa shape index (κ1) is 18.8. The average molecular weight is 451 g/mol. The summed E-state index contributed by atoms with van der Waals surface area (Å²) < 4.78 is 25.4. The molecule has 0 radical (unpaired) electrons. The van der Waals surface area contributed by atoms with E-state index in [0.717, 1.165) is 8.47 Å². The molecule has 1 saturated heterocycles. The maximum atomic E-state index is 13.9. The third kappa shape index (κ3) is 4.71. The molecule has 1 aromatic rings.